The molecule has 0 saturated heterocycles. The van der Waals surface area contributed by atoms with Gasteiger partial charge < -0.3 is 5.11 Å². The summed E-state index contributed by atoms with van der Waals surface area (Å²) in [6, 6.07) is 0. The van der Waals surface area contributed by atoms with Crippen molar-refractivity contribution in [3.8, 4) is 0 Å². The molecule has 4 heteroatoms. The highest BCUT2D eigenvalue weighted by Crippen LogP contribution is 2.41. The van der Waals surface area contributed by atoms with Crippen LogP contribution in [0.25, 0.3) is 0 Å². The van der Waals surface area contributed by atoms with Crippen molar-refractivity contribution in [2.75, 3.05) is 0 Å². The van der Waals surface area contributed by atoms with E-state index in [1.165, 1.54) is 12.8 Å². The van der Waals surface area contributed by atoms with E-state index in [9.17, 15) is 5.11 Å². The van der Waals surface area contributed by atoms with E-state index in [2.05, 4.69) is 41.8 Å². The lowest BCUT2D eigenvalue weighted by Gasteiger charge is -2.38. The summed E-state index contributed by atoms with van der Waals surface area (Å²) in [7, 11) is 1.95. The number of aliphatic hydroxyl groups is 1. The van der Waals surface area contributed by atoms with Crippen LogP contribution in [0, 0.1) is 24.2 Å². The largest absolute Gasteiger partial charge is 0.392 e. The molecule has 1 atom stereocenters. The highest BCUT2D eigenvalue weighted by atomic mass is 79.9. The topological polar surface area (TPSA) is 38.0 Å². The normalized spacial score (nSPS) is 25.1. The minimum atomic E-state index is -0.253. The number of hydrogen-bond donors (Lipinski definition) is 1. The monoisotopic (exact) mass is 356 g/mol. The maximum atomic E-state index is 10.6. The summed E-state index contributed by atoms with van der Waals surface area (Å²) < 4.78 is 2.94. The van der Waals surface area contributed by atoms with Gasteiger partial charge in [-0.1, -0.05) is 20.8 Å². The fourth-order valence-corrected chi connectivity index (χ4v) is 4.13. The molecule has 1 aliphatic rings. The van der Waals surface area contributed by atoms with Crippen LogP contribution in [0.4, 0.5) is 0 Å². The first-order valence-electron chi connectivity index (χ1n) is 8.06. The summed E-state index contributed by atoms with van der Waals surface area (Å²) >= 11 is 3.59. The summed E-state index contributed by atoms with van der Waals surface area (Å²) in [5.41, 5.74) is 2.51. The average molecular weight is 357 g/mol. The van der Waals surface area contributed by atoms with Gasteiger partial charge in [-0.25, -0.2) is 0 Å². The summed E-state index contributed by atoms with van der Waals surface area (Å²) in [5, 5.41) is 15.0. The predicted octanol–water partition coefficient (Wildman–Crippen LogP) is 4.25. The Morgan fingerprint density at radius 1 is 1.29 bits per heavy atom. The molecule has 3 nitrogen and oxygen atoms in total. The second-order valence-electron chi connectivity index (χ2n) is 7.72. The summed E-state index contributed by atoms with van der Waals surface area (Å²) in [5.74, 6) is 1.23. The van der Waals surface area contributed by atoms with Crippen LogP contribution < -0.4 is 0 Å². The molecule has 1 aromatic rings. The Kier molecular flexibility index (Phi) is 5.19. The van der Waals surface area contributed by atoms with Gasteiger partial charge in [0.25, 0.3) is 0 Å². The van der Waals surface area contributed by atoms with Gasteiger partial charge in [0.15, 0.2) is 0 Å². The van der Waals surface area contributed by atoms with E-state index in [-0.39, 0.29) is 6.10 Å². The number of aryl methyl sites for hydroxylation is 2. The number of halogens is 1. The van der Waals surface area contributed by atoms with E-state index in [1.807, 2.05) is 18.7 Å². The van der Waals surface area contributed by atoms with Crippen molar-refractivity contribution in [3.63, 3.8) is 0 Å². The van der Waals surface area contributed by atoms with Crippen LogP contribution in [0.15, 0.2) is 4.47 Å². The summed E-state index contributed by atoms with van der Waals surface area (Å²) in [6.07, 6.45) is 5.24. The highest BCUT2D eigenvalue weighted by molar-refractivity contribution is 9.10. The van der Waals surface area contributed by atoms with Crippen molar-refractivity contribution in [2.45, 2.75) is 65.9 Å². The molecule has 0 spiro atoms. The fourth-order valence-electron chi connectivity index (χ4n) is 3.64. The van der Waals surface area contributed by atoms with Crippen LogP contribution in [0.1, 0.15) is 57.8 Å². The van der Waals surface area contributed by atoms with Gasteiger partial charge in [-0.15, -0.1) is 0 Å². The molecule has 0 radical (unpaired) electrons. The van der Waals surface area contributed by atoms with Crippen LogP contribution in [0.2, 0.25) is 0 Å². The zero-order chi connectivity index (χ0) is 15.8. The van der Waals surface area contributed by atoms with Gasteiger partial charge in [0, 0.05) is 13.5 Å². The third-order valence-corrected chi connectivity index (χ3v) is 6.24. The van der Waals surface area contributed by atoms with E-state index in [1.54, 1.807) is 0 Å². The van der Waals surface area contributed by atoms with Gasteiger partial charge in [-0.3, -0.25) is 4.68 Å². The zero-order valence-corrected chi connectivity index (χ0v) is 15.6. The first-order valence-corrected chi connectivity index (χ1v) is 8.85. The van der Waals surface area contributed by atoms with Gasteiger partial charge in [0.1, 0.15) is 0 Å². The second-order valence-corrected chi connectivity index (χ2v) is 8.51. The Bertz CT molecular complexity index is 482. The third-order valence-electron chi connectivity index (χ3n) is 5.20. The molecule has 0 amide bonds. The minimum absolute atomic E-state index is 0.253. The van der Waals surface area contributed by atoms with Crippen molar-refractivity contribution < 1.29 is 5.11 Å². The van der Waals surface area contributed by atoms with E-state index >= 15 is 0 Å². The molecule has 1 aromatic heterocycles. The standard InChI is InChI=1S/C17H29BrN2O/c1-11-16(18)14(20(5)19-11)10-15(21)12-6-8-13(9-7-12)17(2,3)4/h12-13,15,21H,6-10H2,1-5H3. The SMILES string of the molecule is Cc1nn(C)c(CC(O)C2CCC(C(C)(C)C)CC2)c1Br. The molecule has 0 aromatic carbocycles. The van der Waals surface area contributed by atoms with Crippen molar-refractivity contribution in [1.82, 2.24) is 9.78 Å². The van der Waals surface area contributed by atoms with Crippen LogP contribution in [-0.4, -0.2) is 21.0 Å². The van der Waals surface area contributed by atoms with Gasteiger partial charge in [0.05, 0.1) is 22.0 Å². The lowest BCUT2D eigenvalue weighted by Crippen LogP contribution is -2.32. The Morgan fingerprint density at radius 2 is 1.86 bits per heavy atom. The third kappa shape index (κ3) is 3.89. The molecular formula is C17H29BrN2O. The number of rotatable bonds is 3. The van der Waals surface area contributed by atoms with Crippen LogP contribution >= 0.6 is 15.9 Å². The maximum absolute atomic E-state index is 10.6. The molecule has 120 valence electrons. The number of nitrogens with zero attached hydrogens (tertiary/aromatic N) is 2. The van der Waals surface area contributed by atoms with Crippen LogP contribution in [-0.2, 0) is 13.5 Å². The molecule has 2 rings (SSSR count). The highest BCUT2D eigenvalue weighted by Gasteiger charge is 2.32. The minimum Gasteiger partial charge on any atom is -0.392 e. The lowest BCUT2D eigenvalue weighted by molar-refractivity contribution is 0.0525. The number of aromatic nitrogens is 2. The average Bonchev–Trinajstić information content (AvgIpc) is 2.64. The lowest BCUT2D eigenvalue weighted by atomic mass is 9.68. The number of aliphatic hydroxyl groups excluding tert-OH is 1. The molecule has 21 heavy (non-hydrogen) atoms. The van der Waals surface area contributed by atoms with Crippen molar-refractivity contribution >= 4 is 15.9 Å². The summed E-state index contributed by atoms with van der Waals surface area (Å²) in [6.45, 7) is 9.01. The van der Waals surface area contributed by atoms with E-state index < -0.39 is 0 Å². The van der Waals surface area contributed by atoms with Gasteiger partial charge in [-0.05, 0) is 65.8 Å². The molecule has 0 aliphatic heterocycles. The van der Waals surface area contributed by atoms with Crippen molar-refractivity contribution in [1.29, 1.82) is 0 Å². The number of hydrogen-bond acceptors (Lipinski definition) is 2. The Hall–Kier alpha value is -0.350. The van der Waals surface area contributed by atoms with Gasteiger partial charge in [-0.2, -0.15) is 5.10 Å². The molecule has 1 saturated carbocycles. The Balaban J connectivity index is 1.95. The first-order chi connectivity index (χ1) is 9.70. The summed E-state index contributed by atoms with van der Waals surface area (Å²) in [4.78, 5) is 0. The van der Waals surface area contributed by atoms with Gasteiger partial charge in [0.2, 0.25) is 0 Å². The second kappa shape index (κ2) is 6.41. The van der Waals surface area contributed by atoms with E-state index in [4.69, 9.17) is 0 Å². The Labute approximate surface area is 137 Å². The van der Waals surface area contributed by atoms with E-state index in [0.29, 0.717) is 17.8 Å². The molecule has 1 aliphatic carbocycles. The molecule has 1 heterocycles. The smallest absolute Gasteiger partial charge is 0.0738 e. The Morgan fingerprint density at radius 3 is 2.29 bits per heavy atom. The molecular weight excluding hydrogens is 328 g/mol. The fraction of sp³-hybridized carbons (Fsp3) is 0.824. The molecule has 0 bridgehead atoms. The van der Waals surface area contributed by atoms with Crippen LogP contribution in [0.5, 0.6) is 0 Å². The quantitative estimate of drug-likeness (QED) is 0.878. The van der Waals surface area contributed by atoms with Crippen molar-refractivity contribution in [2.24, 2.45) is 24.3 Å². The molecule has 1 unspecified atom stereocenters. The first kappa shape index (κ1) is 17.0. The zero-order valence-electron chi connectivity index (χ0n) is 14.0. The maximum Gasteiger partial charge on any atom is 0.0738 e. The predicted molar refractivity (Wildman–Crippen MR) is 90.3 cm³/mol. The van der Waals surface area contributed by atoms with E-state index in [0.717, 1.165) is 34.6 Å². The molecule has 1 N–H and O–H groups in total. The molecule has 1 fully saturated rings. The van der Waals surface area contributed by atoms with Crippen LogP contribution in [0.3, 0.4) is 0 Å². The van der Waals surface area contributed by atoms with Gasteiger partial charge >= 0.3 is 0 Å². The van der Waals surface area contributed by atoms with Crippen molar-refractivity contribution in [3.05, 3.63) is 15.9 Å².